The topological polar surface area (TPSA) is 0 Å². The summed E-state index contributed by atoms with van der Waals surface area (Å²) in [5, 5.41) is 0. The lowest BCUT2D eigenvalue weighted by atomic mass is 9.78. The molecule has 0 heteroatoms. The van der Waals surface area contributed by atoms with Crippen LogP contribution in [0, 0.1) is 5.41 Å². The van der Waals surface area contributed by atoms with E-state index in [1.165, 1.54) is 24.0 Å². The lowest BCUT2D eigenvalue weighted by Crippen LogP contribution is -2.13. The molecule has 3 aliphatic carbocycles. The molecule has 0 atom stereocenters. The first-order chi connectivity index (χ1) is 7.71. The second-order valence-electron chi connectivity index (χ2n) is 5.33. The van der Waals surface area contributed by atoms with E-state index in [2.05, 4.69) is 50.3 Å². The van der Waals surface area contributed by atoms with Crippen molar-refractivity contribution in [3.63, 3.8) is 0 Å². The Bertz CT molecular complexity index is 476. The van der Waals surface area contributed by atoms with Gasteiger partial charge in [0.1, 0.15) is 0 Å². The molecule has 0 nitrogen and oxygen atoms in total. The van der Waals surface area contributed by atoms with Gasteiger partial charge in [-0.05, 0) is 41.6 Å². The van der Waals surface area contributed by atoms with E-state index in [1.807, 2.05) is 0 Å². The first-order valence-electron chi connectivity index (χ1n) is 6.19. The van der Waals surface area contributed by atoms with Crippen molar-refractivity contribution in [2.75, 3.05) is 0 Å². The minimum absolute atomic E-state index is 0.201. The highest BCUT2D eigenvalue weighted by Crippen LogP contribution is 2.51. The van der Waals surface area contributed by atoms with Crippen molar-refractivity contribution in [2.24, 2.45) is 5.41 Å². The molecule has 0 amide bonds. The van der Waals surface area contributed by atoms with E-state index in [4.69, 9.17) is 0 Å². The van der Waals surface area contributed by atoms with Gasteiger partial charge < -0.3 is 0 Å². The summed E-state index contributed by atoms with van der Waals surface area (Å²) in [5.74, 6) is 0. The first-order valence-corrected chi connectivity index (χ1v) is 6.19. The van der Waals surface area contributed by atoms with Crippen LogP contribution in [0.15, 0.2) is 58.7 Å². The Kier molecular flexibility index (Phi) is 2.07. The van der Waals surface area contributed by atoms with E-state index in [1.54, 1.807) is 11.1 Å². The number of allylic oxidation sites excluding steroid dienone is 10. The molecular formula is C16H18. The van der Waals surface area contributed by atoms with Gasteiger partial charge in [-0.3, -0.25) is 0 Å². The fraction of sp³-hybridized carbons (Fsp3) is 0.375. The molecule has 3 rings (SSSR count). The lowest BCUT2D eigenvalue weighted by Gasteiger charge is -2.25. The van der Waals surface area contributed by atoms with Crippen molar-refractivity contribution in [3.8, 4) is 0 Å². The van der Waals surface area contributed by atoms with E-state index in [-0.39, 0.29) is 5.41 Å². The van der Waals surface area contributed by atoms with Crippen molar-refractivity contribution in [1.82, 2.24) is 0 Å². The summed E-state index contributed by atoms with van der Waals surface area (Å²) in [6, 6.07) is 0. The largest absolute Gasteiger partial charge is 0.0839 e. The van der Waals surface area contributed by atoms with Crippen molar-refractivity contribution in [3.05, 3.63) is 58.7 Å². The molecule has 0 aromatic rings. The summed E-state index contributed by atoms with van der Waals surface area (Å²) >= 11 is 0. The predicted octanol–water partition coefficient (Wildman–Crippen LogP) is 4.49. The summed E-state index contributed by atoms with van der Waals surface area (Å²) in [6.45, 7) is 4.70. The minimum Gasteiger partial charge on any atom is -0.0839 e. The fourth-order valence-electron chi connectivity index (χ4n) is 3.11. The molecular weight excluding hydrogens is 192 g/mol. The summed E-state index contributed by atoms with van der Waals surface area (Å²) in [7, 11) is 0. The Morgan fingerprint density at radius 2 is 1.69 bits per heavy atom. The van der Waals surface area contributed by atoms with Gasteiger partial charge in [0.2, 0.25) is 0 Å². The summed E-state index contributed by atoms with van der Waals surface area (Å²) < 4.78 is 0. The van der Waals surface area contributed by atoms with E-state index in [0.29, 0.717) is 0 Å². The van der Waals surface area contributed by atoms with E-state index >= 15 is 0 Å². The van der Waals surface area contributed by atoms with Crippen LogP contribution in [0.3, 0.4) is 0 Å². The molecule has 0 spiro atoms. The normalized spacial score (nSPS) is 25.9. The van der Waals surface area contributed by atoms with Gasteiger partial charge in [-0.2, -0.15) is 0 Å². The van der Waals surface area contributed by atoms with Crippen molar-refractivity contribution in [2.45, 2.75) is 33.1 Å². The van der Waals surface area contributed by atoms with Crippen LogP contribution in [-0.2, 0) is 0 Å². The van der Waals surface area contributed by atoms with Crippen LogP contribution in [0.5, 0.6) is 0 Å². The maximum atomic E-state index is 2.35. The summed E-state index contributed by atoms with van der Waals surface area (Å²) in [5.41, 5.74) is 6.34. The van der Waals surface area contributed by atoms with Gasteiger partial charge in [-0.25, -0.2) is 0 Å². The molecule has 0 saturated carbocycles. The third-order valence-corrected chi connectivity index (χ3v) is 3.97. The monoisotopic (exact) mass is 210 g/mol. The zero-order chi connectivity index (χ0) is 11.2. The van der Waals surface area contributed by atoms with Gasteiger partial charge in [-0.15, -0.1) is 0 Å². The SMILES string of the molecule is CC1(C)C2=C(C=CCC=C2)C2=C1C=CCC2. The van der Waals surface area contributed by atoms with E-state index in [0.717, 1.165) is 6.42 Å². The van der Waals surface area contributed by atoms with Gasteiger partial charge in [-0.1, -0.05) is 50.3 Å². The molecule has 3 aliphatic rings. The molecule has 16 heavy (non-hydrogen) atoms. The van der Waals surface area contributed by atoms with Crippen LogP contribution in [-0.4, -0.2) is 0 Å². The second kappa shape index (κ2) is 3.35. The quantitative estimate of drug-likeness (QED) is 0.552. The van der Waals surface area contributed by atoms with Gasteiger partial charge in [0.15, 0.2) is 0 Å². The fourth-order valence-corrected chi connectivity index (χ4v) is 3.11. The van der Waals surface area contributed by atoms with Crippen LogP contribution >= 0.6 is 0 Å². The third kappa shape index (κ3) is 1.22. The zero-order valence-electron chi connectivity index (χ0n) is 10.1. The molecule has 0 aromatic heterocycles. The average Bonchev–Trinajstić information content (AvgIpc) is 2.50. The Morgan fingerprint density at radius 3 is 2.56 bits per heavy atom. The van der Waals surface area contributed by atoms with Crippen LogP contribution in [0.2, 0.25) is 0 Å². The molecule has 0 fully saturated rings. The highest BCUT2D eigenvalue weighted by atomic mass is 14.4. The maximum Gasteiger partial charge on any atom is 0.0155 e. The Hall–Kier alpha value is -1.30. The smallest absolute Gasteiger partial charge is 0.0155 e. The first kappa shape index (κ1) is 9.89. The van der Waals surface area contributed by atoms with Crippen LogP contribution in [0.1, 0.15) is 33.1 Å². The molecule has 0 unspecified atom stereocenters. The molecule has 0 bridgehead atoms. The van der Waals surface area contributed by atoms with Crippen LogP contribution < -0.4 is 0 Å². The Balaban J connectivity index is 2.22. The molecule has 82 valence electrons. The average molecular weight is 210 g/mol. The molecule has 0 aromatic carbocycles. The third-order valence-electron chi connectivity index (χ3n) is 3.97. The number of fused-ring (bicyclic) bond motifs is 1. The predicted molar refractivity (Wildman–Crippen MR) is 69.1 cm³/mol. The molecule has 0 aliphatic heterocycles. The van der Waals surface area contributed by atoms with Gasteiger partial charge in [0.25, 0.3) is 0 Å². The molecule has 0 heterocycles. The van der Waals surface area contributed by atoms with Gasteiger partial charge in [0, 0.05) is 5.41 Å². The van der Waals surface area contributed by atoms with Crippen LogP contribution in [0.4, 0.5) is 0 Å². The standard InChI is InChI=1S/C16H18/c1-16(2)14-10-5-3-4-8-12(14)13-9-6-7-11-15(13)16/h4-5,7-8,10-11H,3,6,9H2,1-2H3. The van der Waals surface area contributed by atoms with Gasteiger partial charge in [0.05, 0.1) is 0 Å². The van der Waals surface area contributed by atoms with Crippen molar-refractivity contribution in [1.29, 1.82) is 0 Å². The lowest BCUT2D eigenvalue weighted by molar-refractivity contribution is 0.571. The van der Waals surface area contributed by atoms with E-state index in [9.17, 15) is 0 Å². The van der Waals surface area contributed by atoms with Crippen molar-refractivity contribution < 1.29 is 0 Å². The second-order valence-corrected chi connectivity index (χ2v) is 5.33. The Labute approximate surface area is 97.7 Å². The summed E-state index contributed by atoms with van der Waals surface area (Å²) in [4.78, 5) is 0. The van der Waals surface area contributed by atoms with E-state index < -0.39 is 0 Å². The highest BCUT2D eigenvalue weighted by molar-refractivity contribution is 5.64. The minimum atomic E-state index is 0.201. The van der Waals surface area contributed by atoms with Gasteiger partial charge >= 0.3 is 0 Å². The number of hydrogen-bond donors (Lipinski definition) is 0. The number of hydrogen-bond acceptors (Lipinski definition) is 0. The summed E-state index contributed by atoms with van der Waals surface area (Å²) in [6.07, 6.45) is 17.4. The Morgan fingerprint density at radius 1 is 0.938 bits per heavy atom. The highest BCUT2D eigenvalue weighted by Gasteiger charge is 2.37. The zero-order valence-corrected chi connectivity index (χ0v) is 10.1. The molecule has 0 N–H and O–H groups in total. The number of rotatable bonds is 0. The van der Waals surface area contributed by atoms with Crippen molar-refractivity contribution >= 4 is 0 Å². The molecule has 0 radical (unpaired) electrons. The molecule has 0 saturated heterocycles. The maximum absolute atomic E-state index is 2.35. The van der Waals surface area contributed by atoms with Crippen LogP contribution in [0.25, 0.3) is 0 Å².